The van der Waals surface area contributed by atoms with Crippen molar-refractivity contribution in [2.24, 2.45) is 0 Å². The summed E-state index contributed by atoms with van der Waals surface area (Å²) in [5.41, 5.74) is 0. The SMILES string of the molecule is Cc1nnc(SC(C)c2nnc(-c3cccs3)o2)n1C1CC1. The van der Waals surface area contributed by atoms with E-state index in [4.69, 9.17) is 4.42 Å². The van der Waals surface area contributed by atoms with Crippen molar-refractivity contribution < 1.29 is 4.42 Å². The maximum Gasteiger partial charge on any atom is 0.257 e. The fourth-order valence-corrected chi connectivity index (χ4v) is 3.93. The zero-order chi connectivity index (χ0) is 15.1. The van der Waals surface area contributed by atoms with E-state index in [2.05, 4.69) is 31.9 Å². The average Bonchev–Trinajstić information content (AvgIpc) is 2.97. The van der Waals surface area contributed by atoms with Crippen LogP contribution >= 0.6 is 23.1 Å². The Balaban J connectivity index is 1.54. The molecule has 1 saturated carbocycles. The van der Waals surface area contributed by atoms with Crippen molar-refractivity contribution in [1.29, 1.82) is 0 Å². The molecule has 0 spiro atoms. The van der Waals surface area contributed by atoms with Gasteiger partial charge in [0.2, 0.25) is 5.89 Å². The lowest BCUT2D eigenvalue weighted by molar-refractivity contribution is 0.509. The van der Waals surface area contributed by atoms with Crippen molar-refractivity contribution in [3.8, 4) is 10.8 Å². The van der Waals surface area contributed by atoms with Crippen molar-refractivity contribution in [1.82, 2.24) is 25.0 Å². The first kappa shape index (κ1) is 14.0. The Bertz CT molecular complexity index is 775. The highest BCUT2D eigenvalue weighted by Crippen LogP contribution is 2.42. The molecule has 4 rings (SSSR count). The first-order chi connectivity index (χ1) is 10.7. The molecule has 0 aliphatic heterocycles. The Morgan fingerprint density at radius 2 is 2.18 bits per heavy atom. The molecule has 0 saturated heterocycles. The summed E-state index contributed by atoms with van der Waals surface area (Å²) in [4.78, 5) is 0.993. The van der Waals surface area contributed by atoms with Crippen molar-refractivity contribution in [2.75, 3.05) is 0 Å². The number of aromatic nitrogens is 5. The molecule has 114 valence electrons. The fourth-order valence-electron chi connectivity index (χ4n) is 2.29. The predicted octanol–water partition coefficient (Wildman–Crippen LogP) is 3.89. The van der Waals surface area contributed by atoms with Gasteiger partial charge >= 0.3 is 0 Å². The second kappa shape index (κ2) is 5.51. The van der Waals surface area contributed by atoms with Crippen molar-refractivity contribution in [3.05, 3.63) is 29.2 Å². The quantitative estimate of drug-likeness (QED) is 0.660. The van der Waals surface area contributed by atoms with Gasteiger partial charge in [0.1, 0.15) is 5.82 Å². The van der Waals surface area contributed by atoms with Crippen LogP contribution in [0.5, 0.6) is 0 Å². The van der Waals surface area contributed by atoms with Gasteiger partial charge in [-0.1, -0.05) is 17.8 Å². The lowest BCUT2D eigenvalue weighted by Crippen LogP contribution is -2.00. The predicted molar refractivity (Wildman–Crippen MR) is 84.9 cm³/mol. The van der Waals surface area contributed by atoms with E-state index >= 15 is 0 Å². The highest BCUT2D eigenvalue weighted by molar-refractivity contribution is 7.99. The topological polar surface area (TPSA) is 69.6 Å². The molecule has 1 fully saturated rings. The van der Waals surface area contributed by atoms with Gasteiger partial charge in [-0.3, -0.25) is 0 Å². The number of nitrogens with zero attached hydrogens (tertiary/aromatic N) is 5. The average molecular weight is 333 g/mol. The Labute approximate surface area is 136 Å². The molecule has 1 unspecified atom stereocenters. The van der Waals surface area contributed by atoms with Gasteiger partial charge in [0.15, 0.2) is 5.16 Å². The first-order valence-corrected chi connectivity index (χ1v) is 8.93. The number of thiophene rings is 1. The molecule has 1 atom stereocenters. The van der Waals surface area contributed by atoms with Gasteiger partial charge in [-0.25, -0.2) is 0 Å². The Morgan fingerprint density at radius 3 is 2.91 bits per heavy atom. The third-order valence-corrected chi connectivity index (χ3v) is 5.45. The molecule has 3 aromatic rings. The Morgan fingerprint density at radius 1 is 1.32 bits per heavy atom. The van der Waals surface area contributed by atoms with Crippen LogP contribution in [-0.4, -0.2) is 25.0 Å². The highest BCUT2D eigenvalue weighted by atomic mass is 32.2. The maximum atomic E-state index is 5.79. The molecule has 0 amide bonds. The van der Waals surface area contributed by atoms with Gasteiger partial charge in [-0.2, -0.15) is 0 Å². The summed E-state index contributed by atoms with van der Waals surface area (Å²) >= 11 is 3.21. The fraction of sp³-hybridized carbons (Fsp3) is 0.429. The van der Waals surface area contributed by atoms with Crippen LogP contribution < -0.4 is 0 Å². The highest BCUT2D eigenvalue weighted by Gasteiger charge is 2.29. The van der Waals surface area contributed by atoms with Crippen molar-refractivity contribution >= 4 is 23.1 Å². The largest absolute Gasteiger partial charge is 0.419 e. The lowest BCUT2D eigenvalue weighted by Gasteiger charge is -2.08. The van der Waals surface area contributed by atoms with Crippen LogP contribution in [-0.2, 0) is 0 Å². The van der Waals surface area contributed by atoms with Gasteiger partial charge in [-0.05, 0) is 38.1 Å². The van der Waals surface area contributed by atoms with E-state index < -0.39 is 0 Å². The van der Waals surface area contributed by atoms with E-state index in [0.29, 0.717) is 17.8 Å². The zero-order valence-electron chi connectivity index (χ0n) is 12.3. The lowest BCUT2D eigenvalue weighted by atomic mass is 10.5. The summed E-state index contributed by atoms with van der Waals surface area (Å²) in [6, 6.07) is 4.52. The van der Waals surface area contributed by atoms with E-state index in [1.807, 2.05) is 24.4 Å². The second-order valence-corrected chi connectivity index (χ2v) is 7.57. The third-order valence-electron chi connectivity index (χ3n) is 3.55. The number of aryl methyl sites for hydroxylation is 1. The molecule has 8 heteroatoms. The van der Waals surface area contributed by atoms with Gasteiger partial charge in [0.05, 0.1) is 10.1 Å². The summed E-state index contributed by atoms with van der Waals surface area (Å²) in [5, 5.41) is 19.8. The zero-order valence-corrected chi connectivity index (χ0v) is 13.9. The first-order valence-electron chi connectivity index (χ1n) is 7.18. The van der Waals surface area contributed by atoms with Crippen LogP contribution in [0, 0.1) is 6.92 Å². The van der Waals surface area contributed by atoms with Crippen molar-refractivity contribution in [3.63, 3.8) is 0 Å². The van der Waals surface area contributed by atoms with Gasteiger partial charge < -0.3 is 8.98 Å². The van der Waals surface area contributed by atoms with Gasteiger partial charge in [0, 0.05) is 6.04 Å². The summed E-state index contributed by atoms with van der Waals surface area (Å²) in [6.45, 7) is 4.05. The van der Waals surface area contributed by atoms with Crippen LogP contribution in [0.25, 0.3) is 10.8 Å². The van der Waals surface area contributed by atoms with E-state index in [-0.39, 0.29) is 5.25 Å². The summed E-state index contributed by atoms with van der Waals surface area (Å²) in [5.74, 6) is 2.18. The molecule has 3 aromatic heterocycles. The van der Waals surface area contributed by atoms with Crippen LogP contribution in [0.3, 0.4) is 0 Å². The van der Waals surface area contributed by atoms with Crippen LogP contribution in [0.4, 0.5) is 0 Å². The number of hydrogen-bond acceptors (Lipinski definition) is 7. The molecule has 1 aliphatic rings. The number of rotatable bonds is 5. The monoisotopic (exact) mass is 333 g/mol. The molecule has 22 heavy (non-hydrogen) atoms. The standard InChI is InChI=1S/C14H15N5OS2/c1-8(12-16-17-13(20-12)11-4-3-7-21-11)22-14-18-15-9(2)19(14)10-5-6-10/h3-4,7-8,10H,5-6H2,1-2H3. The Kier molecular flexibility index (Phi) is 3.50. The van der Waals surface area contributed by atoms with E-state index in [1.165, 1.54) is 12.8 Å². The molecule has 0 aromatic carbocycles. The van der Waals surface area contributed by atoms with E-state index in [0.717, 1.165) is 15.9 Å². The van der Waals surface area contributed by atoms with E-state index in [1.54, 1.807) is 23.1 Å². The molecular formula is C14H15N5OS2. The van der Waals surface area contributed by atoms with Crippen molar-refractivity contribution in [2.45, 2.75) is 43.1 Å². The van der Waals surface area contributed by atoms with Crippen LogP contribution in [0.2, 0.25) is 0 Å². The smallest absolute Gasteiger partial charge is 0.257 e. The number of hydrogen-bond donors (Lipinski definition) is 0. The molecular weight excluding hydrogens is 318 g/mol. The minimum atomic E-state index is 0.0438. The van der Waals surface area contributed by atoms with Gasteiger partial charge in [-0.15, -0.1) is 31.7 Å². The van der Waals surface area contributed by atoms with Crippen LogP contribution in [0.1, 0.15) is 42.8 Å². The Hall–Kier alpha value is -1.67. The molecule has 0 bridgehead atoms. The second-order valence-electron chi connectivity index (χ2n) is 5.31. The molecule has 6 nitrogen and oxygen atoms in total. The summed E-state index contributed by atoms with van der Waals surface area (Å²) in [6.07, 6.45) is 2.42. The normalized spacial score (nSPS) is 16.1. The van der Waals surface area contributed by atoms with Gasteiger partial charge in [0.25, 0.3) is 5.89 Å². The minimum Gasteiger partial charge on any atom is -0.419 e. The molecule has 0 N–H and O–H groups in total. The maximum absolute atomic E-state index is 5.79. The van der Waals surface area contributed by atoms with E-state index in [9.17, 15) is 0 Å². The molecule has 0 radical (unpaired) electrons. The third kappa shape index (κ3) is 2.56. The van der Waals surface area contributed by atoms with Crippen LogP contribution in [0.15, 0.2) is 27.1 Å². The number of thioether (sulfide) groups is 1. The molecule has 3 heterocycles. The minimum absolute atomic E-state index is 0.0438. The summed E-state index contributed by atoms with van der Waals surface area (Å²) < 4.78 is 8.01. The summed E-state index contributed by atoms with van der Waals surface area (Å²) in [7, 11) is 0. The molecule has 1 aliphatic carbocycles.